The van der Waals surface area contributed by atoms with Gasteiger partial charge in [-0.3, -0.25) is 9.79 Å². The zero-order chi connectivity index (χ0) is 11.8. The van der Waals surface area contributed by atoms with Gasteiger partial charge in [-0.2, -0.15) is 0 Å². The molecule has 0 aliphatic carbocycles. The molecule has 0 amide bonds. The van der Waals surface area contributed by atoms with E-state index < -0.39 is 0 Å². The normalized spacial score (nSPS) is 11.1. The van der Waals surface area contributed by atoms with Gasteiger partial charge >= 0.3 is 0 Å². The minimum absolute atomic E-state index is 0.493. The summed E-state index contributed by atoms with van der Waals surface area (Å²) < 4.78 is 5.17. The SMILES string of the molecule is COc1cc(C=O)ccc1CN=C/C=C\N. The minimum Gasteiger partial charge on any atom is -0.496 e. The lowest BCUT2D eigenvalue weighted by molar-refractivity contribution is 0.112. The van der Waals surface area contributed by atoms with Gasteiger partial charge in [-0.25, -0.2) is 0 Å². The van der Waals surface area contributed by atoms with E-state index in [4.69, 9.17) is 10.5 Å². The number of aliphatic imine (C=N–C) groups is 1. The molecule has 0 fully saturated rings. The number of methoxy groups -OCH3 is 1. The average molecular weight is 218 g/mol. The molecule has 0 heterocycles. The zero-order valence-corrected chi connectivity index (χ0v) is 9.09. The van der Waals surface area contributed by atoms with Crippen LogP contribution in [0, 0.1) is 0 Å². The highest BCUT2D eigenvalue weighted by Gasteiger charge is 2.02. The Labute approximate surface area is 94.4 Å². The number of benzene rings is 1. The Kier molecular flexibility index (Phi) is 4.79. The average Bonchev–Trinajstić information content (AvgIpc) is 2.34. The molecule has 84 valence electrons. The van der Waals surface area contributed by atoms with E-state index in [9.17, 15) is 4.79 Å². The summed E-state index contributed by atoms with van der Waals surface area (Å²) in [7, 11) is 1.57. The Morgan fingerprint density at radius 1 is 1.50 bits per heavy atom. The first-order chi connectivity index (χ1) is 7.81. The zero-order valence-electron chi connectivity index (χ0n) is 9.09. The van der Waals surface area contributed by atoms with Crippen molar-refractivity contribution in [3.8, 4) is 5.75 Å². The summed E-state index contributed by atoms with van der Waals surface area (Å²) in [6, 6.07) is 5.25. The summed E-state index contributed by atoms with van der Waals surface area (Å²) in [6.07, 6.45) is 5.46. The molecule has 4 heteroatoms. The number of allylic oxidation sites excluding steroid dienone is 1. The van der Waals surface area contributed by atoms with Gasteiger partial charge in [-0.05, 0) is 18.3 Å². The van der Waals surface area contributed by atoms with E-state index in [1.54, 1.807) is 31.5 Å². The molecular weight excluding hydrogens is 204 g/mol. The number of aldehydes is 1. The van der Waals surface area contributed by atoms with Gasteiger partial charge < -0.3 is 10.5 Å². The smallest absolute Gasteiger partial charge is 0.150 e. The Balaban J connectivity index is 2.83. The van der Waals surface area contributed by atoms with E-state index in [0.29, 0.717) is 17.9 Å². The number of hydrogen-bond donors (Lipinski definition) is 1. The molecule has 0 aliphatic rings. The second-order valence-corrected chi connectivity index (χ2v) is 3.06. The maximum absolute atomic E-state index is 10.6. The second kappa shape index (κ2) is 6.40. The Hall–Kier alpha value is -2.10. The highest BCUT2D eigenvalue weighted by atomic mass is 16.5. The number of carbonyl (C=O) groups is 1. The van der Waals surface area contributed by atoms with Crippen molar-refractivity contribution in [2.45, 2.75) is 6.54 Å². The Morgan fingerprint density at radius 2 is 2.31 bits per heavy atom. The number of rotatable bonds is 5. The topological polar surface area (TPSA) is 64.7 Å². The molecule has 1 rings (SSSR count). The van der Waals surface area contributed by atoms with E-state index in [0.717, 1.165) is 11.8 Å². The number of ether oxygens (including phenoxy) is 1. The van der Waals surface area contributed by atoms with Crippen molar-refractivity contribution in [3.63, 3.8) is 0 Å². The van der Waals surface area contributed by atoms with Gasteiger partial charge in [-0.1, -0.05) is 12.1 Å². The predicted octanol–water partition coefficient (Wildman–Crippen LogP) is 1.55. The molecule has 0 aliphatic heterocycles. The summed E-state index contributed by atoms with van der Waals surface area (Å²) in [5.74, 6) is 0.665. The molecule has 0 saturated carbocycles. The lowest BCUT2D eigenvalue weighted by atomic mass is 10.1. The van der Waals surface area contributed by atoms with Crippen LogP contribution >= 0.6 is 0 Å². The van der Waals surface area contributed by atoms with Crippen LogP contribution in [0.1, 0.15) is 15.9 Å². The lowest BCUT2D eigenvalue weighted by Gasteiger charge is -2.06. The standard InChI is InChI=1S/C12H14N2O2/c1-16-12-7-10(9-15)3-4-11(12)8-14-6-2-5-13/h2-7,9H,8,13H2,1H3/b5-2-,14-6?. The molecular formula is C12H14N2O2. The van der Waals surface area contributed by atoms with Crippen LogP contribution in [0.3, 0.4) is 0 Å². The molecule has 0 unspecified atom stereocenters. The summed E-state index contributed by atoms with van der Waals surface area (Å²) >= 11 is 0. The third-order valence-corrected chi connectivity index (χ3v) is 2.01. The Morgan fingerprint density at radius 3 is 2.94 bits per heavy atom. The van der Waals surface area contributed by atoms with Crippen LogP contribution in [0.15, 0.2) is 35.5 Å². The first kappa shape index (κ1) is 12.0. The van der Waals surface area contributed by atoms with Crippen LogP contribution in [0.5, 0.6) is 5.75 Å². The Bertz CT molecular complexity index is 411. The van der Waals surface area contributed by atoms with Crippen molar-refractivity contribution in [2.24, 2.45) is 10.7 Å². The third kappa shape index (κ3) is 3.24. The fourth-order valence-electron chi connectivity index (χ4n) is 1.23. The van der Waals surface area contributed by atoms with Crippen molar-refractivity contribution in [3.05, 3.63) is 41.6 Å². The molecule has 0 radical (unpaired) electrons. The quantitative estimate of drug-likeness (QED) is 0.602. The van der Waals surface area contributed by atoms with E-state index in [1.165, 1.54) is 6.20 Å². The summed E-state index contributed by atoms with van der Waals surface area (Å²) in [5, 5.41) is 0. The molecule has 0 saturated heterocycles. The molecule has 16 heavy (non-hydrogen) atoms. The van der Waals surface area contributed by atoms with Crippen molar-refractivity contribution < 1.29 is 9.53 Å². The molecule has 2 N–H and O–H groups in total. The van der Waals surface area contributed by atoms with Gasteiger partial charge in [0.05, 0.1) is 13.7 Å². The summed E-state index contributed by atoms with van der Waals surface area (Å²) in [6.45, 7) is 0.493. The summed E-state index contributed by atoms with van der Waals surface area (Å²) in [5.41, 5.74) is 6.68. The highest BCUT2D eigenvalue weighted by molar-refractivity contribution is 5.76. The summed E-state index contributed by atoms with van der Waals surface area (Å²) in [4.78, 5) is 14.7. The van der Waals surface area contributed by atoms with Crippen LogP contribution < -0.4 is 10.5 Å². The largest absolute Gasteiger partial charge is 0.496 e. The second-order valence-electron chi connectivity index (χ2n) is 3.06. The van der Waals surface area contributed by atoms with Crippen LogP contribution in [0.4, 0.5) is 0 Å². The monoisotopic (exact) mass is 218 g/mol. The van der Waals surface area contributed by atoms with E-state index in [-0.39, 0.29) is 0 Å². The van der Waals surface area contributed by atoms with Crippen molar-refractivity contribution >= 4 is 12.5 Å². The van der Waals surface area contributed by atoms with Gasteiger partial charge in [0.15, 0.2) is 0 Å². The lowest BCUT2D eigenvalue weighted by Crippen LogP contribution is -1.93. The van der Waals surface area contributed by atoms with Crippen molar-refractivity contribution in [2.75, 3.05) is 7.11 Å². The van der Waals surface area contributed by atoms with Crippen molar-refractivity contribution in [1.82, 2.24) is 0 Å². The highest BCUT2D eigenvalue weighted by Crippen LogP contribution is 2.20. The van der Waals surface area contributed by atoms with Crippen LogP contribution in [-0.4, -0.2) is 19.6 Å². The molecule has 1 aromatic rings. The minimum atomic E-state index is 0.493. The van der Waals surface area contributed by atoms with Crippen LogP contribution in [-0.2, 0) is 6.54 Å². The van der Waals surface area contributed by atoms with Gasteiger partial charge in [0.2, 0.25) is 0 Å². The van der Waals surface area contributed by atoms with Gasteiger partial charge in [-0.15, -0.1) is 0 Å². The predicted molar refractivity (Wildman–Crippen MR) is 63.9 cm³/mol. The molecule has 0 atom stereocenters. The fraction of sp³-hybridized carbons (Fsp3) is 0.167. The molecule has 1 aromatic carbocycles. The van der Waals surface area contributed by atoms with Gasteiger partial charge in [0.25, 0.3) is 0 Å². The number of nitrogens with two attached hydrogens (primary N) is 1. The molecule has 0 bridgehead atoms. The van der Waals surface area contributed by atoms with E-state index >= 15 is 0 Å². The van der Waals surface area contributed by atoms with Gasteiger partial charge in [0, 0.05) is 17.3 Å². The number of hydrogen-bond acceptors (Lipinski definition) is 4. The molecule has 0 spiro atoms. The number of nitrogens with zero attached hydrogens (tertiary/aromatic N) is 1. The maximum Gasteiger partial charge on any atom is 0.150 e. The van der Waals surface area contributed by atoms with E-state index in [1.807, 2.05) is 6.07 Å². The van der Waals surface area contributed by atoms with Gasteiger partial charge in [0.1, 0.15) is 12.0 Å². The third-order valence-electron chi connectivity index (χ3n) is 2.01. The fourth-order valence-corrected chi connectivity index (χ4v) is 1.23. The number of carbonyl (C=O) groups excluding carboxylic acids is 1. The van der Waals surface area contributed by atoms with Crippen molar-refractivity contribution in [1.29, 1.82) is 0 Å². The molecule has 4 nitrogen and oxygen atoms in total. The molecule has 0 aromatic heterocycles. The first-order valence-corrected chi connectivity index (χ1v) is 4.80. The first-order valence-electron chi connectivity index (χ1n) is 4.80. The van der Waals surface area contributed by atoms with Crippen LogP contribution in [0.2, 0.25) is 0 Å². The van der Waals surface area contributed by atoms with Crippen LogP contribution in [0.25, 0.3) is 0 Å². The maximum atomic E-state index is 10.6. The van der Waals surface area contributed by atoms with E-state index in [2.05, 4.69) is 4.99 Å².